The summed E-state index contributed by atoms with van der Waals surface area (Å²) in [5.41, 5.74) is -1.37. The first-order valence-corrected chi connectivity index (χ1v) is 10.8. The maximum atomic E-state index is 13.0. The van der Waals surface area contributed by atoms with Crippen LogP contribution < -0.4 is 25.4 Å². The van der Waals surface area contributed by atoms with E-state index in [4.69, 9.17) is 9.47 Å². The van der Waals surface area contributed by atoms with E-state index in [1.54, 1.807) is 30.3 Å². The minimum absolute atomic E-state index is 0.225. The van der Waals surface area contributed by atoms with Crippen LogP contribution >= 0.6 is 0 Å². The number of urea groups is 1. The molecule has 3 aromatic carbocycles. The number of aromatic nitrogens is 2. The number of methoxy groups -OCH3 is 2. The lowest BCUT2D eigenvalue weighted by Crippen LogP contribution is -2.20. The molecule has 0 aliphatic carbocycles. The van der Waals surface area contributed by atoms with E-state index in [9.17, 15) is 28.1 Å². The number of para-hydroxylation sites is 1. The minimum Gasteiger partial charge on any atom is -0.497 e. The number of hydrogen-bond acceptors (Lipinski definition) is 8. The predicted octanol–water partition coefficient (Wildman–Crippen LogP) is 5.96. The van der Waals surface area contributed by atoms with E-state index >= 15 is 0 Å². The number of ether oxygens (including phenoxy) is 2. The Labute approximate surface area is 212 Å². The monoisotopic (exact) mass is 528 g/mol. The number of carbonyl (C=O) groups is 1. The Morgan fingerprint density at radius 1 is 0.947 bits per heavy atom. The van der Waals surface area contributed by atoms with E-state index in [1.165, 1.54) is 26.6 Å². The number of halogens is 3. The molecule has 38 heavy (non-hydrogen) atoms. The summed E-state index contributed by atoms with van der Waals surface area (Å²) in [6, 6.07) is 10.9. The Balaban J connectivity index is 1.60. The van der Waals surface area contributed by atoms with Gasteiger partial charge in [-0.1, -0.05) is 6.07 Å². The van der Waals surface area contributed by atoms with Crippen LogP contribution in [0.25, 0.3) is 10.9 Å². The van der Waals surface area contributed by atoms with E-state index in [0.717, 1.165) is 6.07 Å². The zero-order valence-corrected chi connectivity index (χ0v) is 19.8. The molecule has 0 aliphatic heterocycles. The van der Waals surface area contributed by atoms with Gasteiger partial charge in [0, 0.05) is 35.3 Å². The number of nitro groups is 1. The molecule has 0 bridgehead atoms. The number of nitrogens with one attached hydrogen (secondary N) is 3. The molecule has 4 rings (SSSR count). The summed E-state index contributed by atoms with van der Waals surface area (Å²) in [5.74, 6) is 1.48. The highest BCUT2D eigenvalue weighted by molar-refractivity contribution is 6.07. The van der Waals surface area contributed by atoms with Crippen LogP contribution in [0.15, 0.2) is 60.9 Å². The van der Waals surface area contributed by atoms with E-state index < -0.39 is 34.1 Å². The molecule has 0 saturated carbocycles. The lowest BCUT2D eigenvalue weighted by atomic mass is 10.1. The molecule has 14 heteroatoms. The van der Waals surface area contributed by atoms with Gasteiger partial charge in [-0.05, 0) is 24.3 Å². The molecule has 196 valence electrons. The molecule has 11 nitrogen and oxygen atoms in total. The minimum atomic E-state index is -4.78. The molecule has 0 fully saturated rings. The summed E-state index contributed by atoms with van der Waals surface area (Å²) in [7, 11) is 3.03. The van der Waals surface area contributed by atoms with Gasteiger partial charge in [0.1, 0.15) is 29.3 Å². The van der Waals surface area contributed by atoms with Gasteiger partial charge in [-0.3, -0.25) is 10.1 Å². The number of fused-ring (bicyclic) bond motifs is 1. The highest BCUT2D eigenvalue weighted by Crippen LogP contribution is 2.35. The summed E-state index contributed by atoms with van der Waals surface area (Å²) in [6.45, 7) is 0. The summed E-state index contributed by atoms with van der Waals surface area (Å²) in [5, 5.41) is 19.7. The van der Waals surface area contributed by atoms with Crippen molar-refractivity contribution in [3.8, 4) is 11.5 Å². The third kappa shape index (κ3) is 5.64. The zero-order chi connectivity index (χ0) is 27.4. The third-order valence-electron chi connectivity index (χ3n) is 5.30. The molecule has 0 radical (unpaired) electrons. The van der Waals surface area contributed by atoms with Crippen LogP contribution in [-0.2, 0) is 6.18 Å². The number of benzene rings is 3. The van der Waals surface area contributed by atoms with Gasteiger partial charge < -0.3 is 25.4 Å². The second kappa shape index (κ2) is 10.5. The highest BCUT2D eigenvalue weighted by atomic mass is 19.4. The number of hydrogen-bond donors (Lipinski definition) is 3. The molecule has 4 aromatic rings. The van der Waals surface area contributed by atoms with Crippen molar-refractivity contribution in [2.75, 3.05) is 30.2 Å². The van der Waals surface area contributed by atoms with Crippen molar-refractivity contribution < 1.29 is 32.4 Å². The normalized spacial score (nSPS) is 11.1. The maximum Gasteiger partial charge on any atom is 0.416 e. The van der Waals surface area contributed by atoms with Crippen molar-refractivity contribution in [2.24, 2.45) is 0 Å². The second-order valence-electron chi connectivity index (χ2n) is 7.72. The summed E-state index contributed by atoms with van der Waals surface area (Å²) in [4.78, 5) is 31.4. The highest BCUT2D eigenvalue weighted by Gasteiger charge is 2.33. The number of carbonyl (C=O) groups excluding carboxylic acids is 1. The van der Waals surface area contributed by atoms with Gasteiger partial charge in [0.15, 0.2) is 0 Å². The van der Waals surface area contributed by atoms with Crippen LogP contribution in [-0.4, -0.2) is 35.1 Å². The molecule has 3 N–H and O–H groups in total. The van der Waals surface area contributed by atoms with Gasteiger partial charge in [-0.15, -0.1) is 0 Å². The molecule has 1 heterocycles. The second-order valence-corrected chi connectivity index (χ2v) is 7.72. The van der Waals surface area contributed by atoms with Crippen LogP contribution in [0.4, 0.5) is 46.5 Å². The van der Waals surface area contributed by atoms with Gasteiger partial charge in [-0.25, -0.2) is 14.8 Å². The van der Waals surface area contributed by atoms with Crippen molar-refractivity contribution in [2.45, 2.75) is 6.18 Å². The zero-order valence-electron chi connectivity index (χ0n) is 19.8. The lowest BCUT2D eigenvalue weighted by molar-refractivity contribution is -0.384. The molecule has 2 amide bonds. The predicted molar refractivity (Wildman–Crippen MR) is 133 cm³/mol. The van der Waals surface area contributed by atoms with E-state index in [0.29, 0.717) is 46.0 Å². The van der Waals surface area contributed by atoms with Gasteiger partial charge in [0.05, 0.1) is 35.9 Å². The van der Waals surface area contributed by atoms with Crippen molar-refractivity contribution in [3.05, 3.63) is 76.6 Å². The summed E-state index contributed by atoms with van der Waals surface area (Å²) >= 11 is 0. The molecular formula is C24H19F3N6O5. The number of nitro benzene ring substituents is 1. The fraction of sp³-hybridized carbons (Fsp3) is 0.125. The van der Waals surface area contributed by atoms with Crippen LogP contribution in [0.1, 0.15) is 5.56 Å². The molecule has 1 aromatic heterocycles. The van der Waals surface area contributed by atoms with Gasteiger partial charge in [0.2, 0.25) is 0 Å². The quantitative estimate of drug-likeness (QED) is 0.197. The number of amides is 2. The van der Waals surface area contributed by atoms with Crippen LogP contribution in [0.2, 0.25) is 0 Å². The SMILES string of the molecule is COc1cc(Nc2ncnc3c(NC(=O)Nc4ccc(C(F)(F)F)cc4[N+](=O)[O-])cccc23)cc(OC)c1. The van der Waals surface area contributed by atoms with Gasteiger partial charge >= 0.3 is 12.2 Å². The Morgan fingerprint density at radius 2 is 1.63 bits per heavy atom. The number of alkyl halides is 3. The van der Waals surface area contributed by atoms with Crippen LogP contribution in [0, 0.1) is 10.1 Å². The average molecular weight is 528 g/mol. The molecule has 0 atom stereocenters. The first kappa shape index (κ1) is 25.9. The Bertz CT molecular complexity index is 1510. The topological polar surface area (TPSA) is 141 Å². The number of rotatable bonds is 7. The van der Waals surface area contributed by atoms with Crippen molar-refractivity contribution in [1.82, 2.24) is 9.97 Å². The molecule has 0 aliphatic rings. The van der Waals surface area contributed by atoms with Crippen LogP contribution in [0.3, 0.4) is 0 Å². The molecular weight excluding hydrogens is 509 g/mol. The smallest absolute Gasteiger partial charge is 0.416 e. The average Bonchev–Trinajstić information content (AvgIpc) is 2.88. The fourth-order valence-corrected chi connectivity index (χ4v) is 3.54. The maximum absolute atomic E-state index is 13.0. The van der Waals surface area contributed by atoms with Crippen molar-refractivity contribution in [1.29, 1.82) is 0 Å². The largest absolute Gasteiger partial charge is 0.497 e. The first-order valence-electron chi connectivity index (χ1n) is 10.8. The summed E-state index contributed by atoms with van der Waals surface area (Å²) in [6.07, 6.45) is -3.51. The molecule has 0 spiro atoms. The molecule has 0 unspecified atom stereocenters. The van der Waals surface area contributed by atoms with Crippen molar-refractivity contribution >= 4 is 45.5 Å². The van der Waals surface area contributed by atoms with Crippen LogP contribution in [0.5, 0.6) is 11.5 Å². The number of nitrogens with zero attached hydrogens (tertiary/aromatic N) is 3. The summed E-state index contributed by atoms with van der Waals surface area (Å²) < 4.78 is 49.4. The standard InChI is InChI=1S/C24H19F3N6O5/c1-37-15-9-14(10-16(11-15)38-2)30-22-17-4-3-5-19(21(17)28-12-29-22)32-23(34)31-18-7-6-13(24(25,26)27)8-20(18)33(35)36/h3-12H,1-2H3,(H,28,29,30)(H2,31,32,34). The van der Waals surface area contributed by atoms with E-state index in [1.807, 2.05) is 0 Å². The number of anilines is 4. The molecule has 0 saturated heterocycles. The Hall–Kier alpha value is -5.14. The van der Waals surface area contributed by atoms with Crippen molar-refractivity contribution in [3.63, 3.8) is 0 Å². The van der Waals surface area contributed by atoms with E-state index in [2.05, 4.69) is 25.9 Å². The Morgan fingerprint density at radius 3 is 2.26 bits per heavy atom. The van der Waals surface area contributed by atoms with E-state index in [-0.39, 0.29) is 5.69 Å². The Kier molecular flexibility index (Phi) is 7.14. The van der Waals surface area contributed by atoms with Gasteiger partial charge in [0.25, 0.3) is 5.69 Å². The first-order chi connectivity index (χ1) is 18.1. The van der Waals surface area contributed by atoms with Gasteiger partial charge in [-0.2, -0.15) is 13.2 Å². The fourth-order valence-electron chi connectivity index (χ4n) is 3.54. The third-order valence-corrected chi connectivity index (χ3v) is 5.30. The lowest BCUT2D eigenvalue weighted by Gasteiger charge is -2.14.